The lowest BCUT2D eigenvalue weighted by molar-refractivity contribution is -0.148. The number of methoxy groups -OCH3 is 1. The summed E-state index contributed by atoms with van der Waals surface area (Å²) in [6.07, 6.45) is 1.44. The number of aromatic nitrogens is 4. The minimum atomic E-state index is -0.956. The summed E-state index contributed by atoms with van der Waals surface area (Å²) in [5.74, 6) is -2.09. The van der Waals surface area contributed by atoms with Crippen LogP contribution in [0.2, 0.25) is 0 Å². The lowest BCUT2D eigenvalue weighted by Gasteiger charge is -2.13. The predicted molar refractivity (Wildman–Crippen MR) is 132 cm³/mol. The number of imidazole rings is 1. The van der Waals surface area contributed by atoms with Crippen molar-refractivity contribution in [1.29, 1.82) is 0 Å². The number of fused-ring (bicyclic) bond motifs is 1. The second-order valence-corrected chi connectivity index (χ2v) is 8.06. The Labute approximate surface area is 209 Å². The summed E-state index contributed by atoms with van der Waals surface area (Å²) in [5.41, 5.74) is -0.0378. The van der Waals surface area contributed by atoms with E-state index in [0.29, 0.717) is 18.8 Å². The second kappa shape index (κ2) is 11.4. The van der Waals surface area contributed by atoms with Crippen LogP contribution in [0, 0.1) is 5.82 Å². The quantitative estimate of drug-likeness (QED) is 0.320. The highest BCUT2D eigenvalue weighted by Crippen LogP contribution is 2.10. The maximum Gasteiger partial charge on any atom is 0.333 e. The smallest absolute Gasteiger partial charge is 0.333 e. The molecular formula is C25H24FN5O6. The van der Waals surface area contributed by atoms with E-state index >= 15 is 0 Å². The molecule has 2 heterocycles. The molecule has 0 radical (unpaired) electrons. The van der Waals surface area contributed by atoms with E-state index in [-0.39, 0.29) is 17.7 Å². The highest BCUT2D eigenvalue weighted by atomic mass is 19.1. The van der Waals surface area contributed by atoms with Gasteiger partial charge < -0.3 is 19.4 Å². The van der Waals surface area contributed by atoms with Gasteiger partial charge in [-0.25, -0.2) is 18.7 Å². The molecule has 1 N–H and O–H groups in total. The number of anilines is 1. The standard InChI is InChI=1S/C25H24FN5O6/c1-36-12-11-29-16-27-23-22(29)24(34)31(25(35)30(23)13-17-5-3-2-4-6-17)14-21(33)37-15-20(32)28-19-9-7-18(26)8-10-19/h2-10,16H,11-15H2,1H3,(H,28,32). The molecule has 0 aliphatic carbocycles. The fourth-order valence-corrected chi connectivity index (χ4v) is 3.70. The van der Waals surface area contributed by atoms with E-state index in [4.69, 9.17) is 9.47 Å². The van der Waals surface area contributed by atoms with Crippen LogP contribution in [0.1, 0.15) is 5.56 Å². The number of hydrogen-bond acceptors (Lipinski definition) is 7. The molecule has 1 amide bonds. The van der Waals surface area contributed by atoms with Gasteiger partial charge in [-0.05, 0) is 29.8 Å². The van der Waals surface area contributed by atoms with Crippen LogP contribution in [0.3, 0.4) is 0 Å². The average molecular weight is 509 g/mol. The van der Waals surface area contributed by atoms with Gasteiger partial charge in [0, 0.05) is 19.3 Å². The van der Waals surface area contributed by atoms with E-state index < -0.39 is 42.1 Å². The lowest BCUT2D eigenvalue weighted by atomic mass is 10.2. The maximum absolute atomic E-state index is 13.3. The number of carbonyl (C=O) groups is 2. The molecule has 192 valence electrons. The van der Waals surface area contributed by atoms with Crippen LogP contribution in [0.25, 0.3) is 11.2 Å². The Hall–Kier alpha value is -4.58. The number of esters is 1. The fourth-order valence-electron chi connectivity index (χ4n) is 3.70. The van der Waals surface area contributed by atoms with E-state index in [2.05, 4.69) is 10.3 Å². The molecule has 37 heavy (non-hydrogen) atoms. The van der Waals surface area contributed by atoms with Gasteiger partial charge in [0.15, 0.2) is 17.8 Å². The van der Waals surface area contributed by atoms with Crippen molar-refractivity contribution in [2.75, 3.05) is 25.6 Å². The van der Waals surface area contributed by atoms with Crippen LogP contribution in [-0.2, 0) is 38.7 Å². The van der Waals surface area contributed by atoms with Crippen LogP contribution < -0.4 is 16.6 Å². The Kier molecular flexibility index (Phi) is 7.89. The molecule has 0 unspecified atom stereocenters. The van der Waals surface area contributed by atoms with Crippen LogP contribution in [-0.4, -0.2) is 50.9 Å². The first kappa shape index (κ1) is 25.5. The molecule has 0 spiro atoms. The molecule has 2 aromatic carbocycles. The number of carbonyl (C=O) groups excluding carboxylic acids is 2. The molecular weight excluding hydrogens is 485 g/mol. The minimum Gasteiger partial charge on any atom is -0.454 e. The van der Waals surface area contributed by atoms with E-state index in [1.54, 1.807) is 4.57 Å². The van der Waals surface area contributed by atoms with Gasteiger partial charge in [0.1, 0.15) is 12.4 Å². The third-order valence-electron chi connectivity index (χ3n) is 5.48. The molecule has 4 aromatic rings. The monoisotopic (exact) mass is 509 g/mol. The number of rotatable bonds is 10. The number of nitrogens with one attached hydrogen (secondary N) is 1. The van der Waals surface area contributed by atoms with Crippen molar-refractivity contribution in [3.63, 3.8) is 0 Å². The van der Waals surface area contributed by atoms with Gasteiger partial charge in [-0.15, -0.1) is 0 Å². The first-order valence-electron chi connectivity index (χ1n) is 11.3. The number of ether oxygens (including phenoxy) is 2. The molecule has 0 atom stereocenters. The van der Waals surface area contributed by atoms with E-state index in [1.165, 1.54) is 42.3 Å². The largest absolute Gasteiger partial charge is 0.454 e. The predicted octanol–water partition coefficient (Wildman–Crippen LogP) is 1.38. The molecule has 0 saturated heterocycles. The number of amides is 1. The third kappa shape index (κ3) is 5.98. The summed E-state index contributed by atoms with van der Waals surface area (Å²) < 4.78 is 26.7. The van der Waals surface area contributed by atoms with Gasteiger partial charge >= 0.3 is 11.7 Å². The average Bonchev–Trinajstić information content (AvgIpc) is 3.32. The van der Waals surface area contributed by atoms with Crippen LogP contribution in [0.4, 0.5) is 10.1 Å². The Morgan fingerprint density at radius 2 is 1.76 bits per heavy atom. The number of nitrogens with zero attached hydrogens (tertiary/aromatic N) is 4. The Morgan fingerprint density at radius 3 is 2.46 bits per heavy atom. The molecule has 4 rings (SSSR count). The first-order chi connectivity index (χ1) is 17.9. The zero-order valence-corrected chi connectivity index (χ0v) is 19.9. The summed E-state index contributed by atoms with van der Waals surface area (Å²) in [5, 5.41) is 2.45. The van der Waals surface area contributed by atoms with Crippen molar-refractivity contribution in [2.24, 2.45) is 0 Å². The van der Waals surface area contributed by atoms with Gasteiger partial charge in [0.25, 0.3) is 11.5 Å². The second-order valence-electron chi connectivity index (χ2n) is 8.06. The highest BCUT2D eigenvalue weighted by molar-refractivity contribution is 5.92. The van der Waals surface area contributed by atoms with Gasteiger partial charge in [0.2, 0.25) is 0 Å². The van der Waals surface area contributed by atoms with E-state index in [1.807, 2.05) is 30.3 Å². The van der Waals surface area contributed by atoms with Crippen molar-refractivity contribution in [2.45, 2.75) is 19.6 Å². The zero-order valence-electron chi connectivity index (χ0n) is 19.9. The third-order valence-corrected chi connectivity index (χ3v) is 5.48. The van der Waals surface area contributed by atoms with Crippen molar-refractivity contribution >= 4 is 28.7 Å². The van der Waals surface area contributed by atoms with Gasteiger partial charge in [-0.2, -0.15) is 0 Å². The van der Waals surface area contributed by atoms with Gasteiger partial charge in [0.05, 0.1) is 19.5 Å². The minimum absolute atomic E-state index is 0.118. The number of benzene rings is 2. The first-order valence-corrected chi connectivity index (χ1v) is 11.3. The number of hydrogen-bond donors (Lipinski definition) is 1. The normalized spacial score (nSPS) is 11.0. The van der Waals surface area contributed by atoms with Crippen molar-refractivity contribution < 1.29 is 23.5 Å². The van der Waals surface area contributed by atoms with Crippen LogP contribution in [0.5, 0.6) is 0 Å². The fraction of sp³-hybridized carbons (Fsp3) is 0.240. The highest BCUT2D eigenvalue weighted by Gasteiger charge is 2.21. The van der Waals surface area contributed by atoms with Crippen molar-refractivity contribution in [1.82, 2.24) is 18.7 Å². The molecule has 0 aliphatic heterocycles. The topological polar surface area (TPSA) is 126 Å². The van der Waals surface area contributed by atoms with E-state index in [9.17, 15) is 23.6 Å². The SMILES string of the molecule is COCCn1cnc2c1c(=O)n(CC(=O)OCC(=O)Nc1ccc(F)cc1)c(=O)n2Cc1ccccc1. The zero-order chi connectivity index (χ0) is 26.4. The molecule has 0 bridgehead atoms. The van der Waals surface area contributed by atoms with Crippen molar-refractivity contribution in [3.8, 4) is 0 Å². The Balaban J connectivity index is 1.58. The Morgan fingerprint density at radius 1 is 1.03 bits per heavy atom. The molecule has 2 aromatic heterocycles. The van der Waals surface area contributed by atoms with Gasteiger partial charge in [-0.1, -0.05) is 30.3 Å². The summed E-state index contributed by atoms with van der Waals surface area (Å²) in [4.78, 5) is 55.5. The van der Waals surface area contributed by atoms with Crippen molar-refractivity contribution in [3.05, 3.63) is 93.1 Å². The summed E-state index contributed by atoms with van der Waals surface area (Å²) in [6, 6.07) is 14.2. The molecule has 0 aliphatic rings. The van der Waals surface area contributed by atoms with Crippen LogP contribution >= 0.6 is 0 Å². The molecule has 0 fully saturated rings. The molecule has 0 saturated carbocycles. The Bertz CT molecular complexity index is 1530. The lowest BCUT2D eigenvalue weighted by Crippen LogP contribution is -2.43. The molecule has 12 heteroatoms. The molecule has 11 nitrogen and oxygen atoms in total. The van der Waals surface area contributed by atoms with Gasteiger partial charge in [-0.3, -0.25) is 19.0 Å². The maximum atomic E-state index is 13.3. The summed E-state index contributed by atoms with van der Waals surface area (Å²) >= 11 is 0. The number of halogens is 1. The summed E-state index contributed by atoms with van der Waals surface area (Å²) in [6.45, 7) is -0.639. The van der Waals surface area contributed by atoms with E-state index in [0.717, 1.165) is 10.1 Å². The summed E-state index contributed by atoms with van der Waals surface area (Å²) in [7, 11) is 1.52. The van der Waals surface area contributed by atoms with Crippen LogP contribution in [0.15, 0.2) is 70.5 Å².